The fourth-order valence-electron chi connectivity index (χ4n) is 4.31. The highest BCUT2D eigenvalue weighted by Crippen LogP contribution is 2.31. The van der Waals surface area contributed by atoms with Crippen LogP contribution in [-0.2, 0) is 14.8 Å². The summed E-state index contributed by atoms with van der Waals surface area (Å²) in [4.78, 5) is 17.0. The predicted molar refractivity (Wildman–Crippen MR) is 114 cm³/mol. The summed E-state index contributed by atoms with van der Waals surface area (Å²) in [6.45, 7) is 4.98. The molecule has 2 aliphatic rings. The largest absolute Gasteiger partial charge is 0.493 e. The molecule has 2 fully saturated rings. The summed E-state index contributed by atoms with van der Waals surface area (Å²) in [6.07, 6.45) is 4.59. The van der Waals surface area contributed by atoms with Crippen molar-refractivity contribution < 1.29 is 22.7 Å². The molecule has 1 amide bonds. The summed E-state index contributed by atoms with van der Waals surface area (Å²) in [5, 5.41) is 0. The molecular weight excluding hydrogens is 406 g/mol. The molecule has 3 rings (SSSR count). The van der Waals surface area contributed by atoms with Crippen LogP contribution in [0, 0.1) is 0 Å². The van der Waals surface area contributed by atoms with Crippen molar-refractivity contribution in [1.29, 1.82) is 0 Å². The van der Waals surface area contributed by atoms with Gasteiger partial charge < -0.3 is 14.4 Å². The number of piperidine rings is 1. The normalized spacial score (nSPS) is 21.4. The van der Waals surface area contributed by atoms with Crippen LogP contribution < -0.4 is 9.47 Å². The SMILES string of the molecule is CCC1CCCCN1CC(=O)N1CCN(S(=O)(=O)c2ccc(OC)c(OC)c2)CC1. The minimum Gasteiger partial charge on any atom is -0.493 e. The molecule has 168 valence electrons. The molecule has 1 aromatic rings. The molecule has 0 spiro atoms. The number of sulfonamides is 1. The third kappa shape index (κ3) is 4.90. The minimum absolute atomic E-state index is 0.0958. The van der Waals surface area contributed by atoms with Gasteiger partial charge in [-0.05, 0) is 37.9 Å². The number of rotatable bonds is 7. The topological polar surface area (TPSA) is 79.4 Å². The van der Waals surface area contributed by atoms with E-state index in [-0.39, 0.29) is 10.8 Å². The van der Waals surface area contributed by atoms with Crippen LogP contribution in [0.2, 0.25) is 0 Å². The zero-order valence-corrected chi connectivity index (χ0v) is 19.0. The predicted octanol–water partition coefficient (Wildman–Crippen LogP) is 1.80. The zero-order valence-electron chi connectivity index (χ0n) is 18.2. The average molecular weight is 440 g/mol. The van der Waals surface area contributed by atoms with Gasteiger partial charge in [-0.1, -0.05) is 13.3 Å². The van der Waals surface area contributed by atoms with Crippen molar-refractivity contribution in [2.45, 2.75) is 43.5 Å². The van der Waals surface area contributed by atoms with Gasteiger partial charge in [0.15, 0.2) is 11.5 Å². The quantitative estimate of drug-likeness (QED) is 0.645. The number of amides is 1. The van der Waals surface area contributed by atoms with Crippen LogP contribution in [-0.4, -0.2) is 88.0 Å². The van der Waals surface area contributed by atoms with Crippen molar-refractivity contribution >= 4 is 15.9 Å². The van der Waals surface area contributed by atoms with Gasteiger partial charge in [0.2, 0.25) is 15.9 Å². The molecule has 0 saturated carbocycles. The standard InChI is InChI=1S/C21H33N3O5S/c1-4-17-7-5-6-10-23(17)16-21(25)22-11-13-24(14-12-22)30(26,27)18-8-9-19(28-2)20(15-18)29-3/h8-9,15,17H,4-7,10-14,16H2,1-3H3. The lowest BCUT2D eigenvalue weighted by Gasteiger charge is -2.38. The lowest BCUT2D eigenvalue weighted by molar-refractivity contribution is -0.134. The number of ether oxygens (including phenoxy) is 2. The van der Waals surface area contributed by atoms with Gasteiger partial charge in [-0.15, -0.1) is 0 Å². The van der Waals surface area contributed by atoms with Crippen LogP contribution in [0.1, 0.15) is 32.6 Å². The summed E-state index contributed by atoms with van der Waals surface area (Å²) in [5.74, 6) is 0.952. The molecule has 30 heavy (non-hydrogen) atoms. The summed E-state index contributed by atoms with van der Waals surface area (Å²) in [5.41, 5.74) is 0. The van der Waals surface area contributed by atoms with Crippen molar-refractivity contribution in [2.75, 3.05) is 53.5 Å². The van der Waals surface area contributed by atoms with Gasteiger partial charge in [0.1, 0.15) is 0 Å². The second kappa shape index (κ2) is 9.98. The summed E-state index contributed by atoms with van der Waals surface area (Å²) >= 11 is 0. The first-order chi connectivity index (χ1) is 14.4. The number of carbonyl (C=O) groups is 1. The number of likely N-dealkylation sites (tertiary alicyclic amines) is 1. The molecule has 9 heteroatoms. The van der Waals surface area contributed by atoms with E-state index in [0.717, 1.165) is 25.8 Å². The van der Waals surface area contributed by atoms with Gasteiger partial charge in [-0.2, -0.15) is 4.31 Å². The van der Waals surface area contributed by atoms with E-state index in [1.165, 1.54) is 37.1 Å². The number of benzene rings is 1. The molecule has 0 N–H and O–H groups in total. The average Bonchev–Trinajstić information content (AvgIpc) is 2.78. The molecule has 0 aliphatic carbocycles. The van der Waals surface area contributed by atoms with E-state index in [1.807, 2.05) is 0 Å². The summed E-state index contributed by atoms with van der Waals surface area (Å²) in [6, 6.07) is 5.07. The number of nitrogens with zero attached hydrogens (tertiary/aromatic N) is 3. The van der Waals surface area contributed by atoms with Gasteiger partial charge in [-0.3, -0.25) is 9.69 Å². The zero-order chi connectivity index (χ0) is 21.7. The van der Waals surface area contributed by atoms with Gasteiger partial charge in [-0.25, -0.2) is 8.42 Å². The number of piperazine rings is 1. The minimum atomic E-state index is -3.66. The Kier molecular flexibility index (Phi) is 7.60. The molecular formula is C21H33N3O5S. The Balaban J connectivity index is 1.61. The fourth-order valence-corrected chi connectivity index (χ4v) is 5.75. The van der Waals surface area contributed by atoms with Crippen molar-refractivity contribution in [3.63, 3.8) is 0 Å². The molecule has 2 aliphatic heterocycles. The van der Waals surface area contributed by atoms with E-state index in [2.05, 4.69) is 11.8 Å². The molecule has 0 bridgehead atoms. The Bertz CT molecular complexity index is 837. The maximum atomic E-state index is 13.0. The van der Waals surface area contributed by atoms with Crippen LogP contribution in [0.3, 0.4) is 0 Å². The molecule has 2 saturated heterocycles. The Morgan fingerprint density at radius 3 is 2.37 bits per heavy atom. The van der Waals surface area contributed by atoms with Crippen molar-refractivity contribution in [2.24, 2.45) is 0 Å². The van der Waals surface area contributed by atoms with E-state index in [4.69, 9.17) is 9.47 Å². The molecule has 2 heterocycles. The number of hydrogen-bond acceptors (Lipinski definition) is 6. The third-order valence-corrected chi connectivity index (χ3v) is 8.04. The van der Waals surface area contributed by atoms with Crippen LogP contribution in [0.5, 0.6) is 11.5 Å². The van der Waals surface area contributed by atoms with Crippen LogP contribution in [0.15, 0.2) is 23.1 Å². The third-order valence-electron chi connectivity index (χ3n) is 6.14. The van der Waals surface area contributed by atoms with E-state index >= 15 is 0 Å². The molecule has 8 nitrogen and oxygen atoms in total. The van der Waals surface area contributed by atoms with E-state index < -0.39 is 10.0 Å². The van der Waals surface area contributed by atoms with E-state index in [9.17, 15) is 13.2 Å². The highest BCUT2D eigenvalue weighted by molar-refractivity contribution is 7.89. The maximum Gasteiger partial charge on any atom is 0.243 e. The first-order valence-electron chi connectivity index (χ1n) is 10.6. The molecule has 0 aromatic heterocycles. The highest BCUT2D eigenvalue weighted by Gasteiger charge is 2.32. The van der Waals surface area contributed by atoms with Gasteiger partial charge in [0, 0.05) is 38.3 Å². The summed E-state index contributed by atoms with van der Waals surface area (Å²) < 4.78 is 38.0. The van der Waals surface area contributed by atoms with Gasteiger partial charge in [0.05, 0.1) is 25.7 Å². The van der Waals surface area contributed by atoms with E-state index in [0.29, 0.717) is 50.3 Å². The maximum absolute atomic E-state index is 13.0. The molecule has 1 unspecified atom stereocenters. The fraction of sp³-hybridized carbons (Fsp3) is 0.667. The van der Waals surface area contributed by atoms with Gasteiger partial charge >= 0.3 is 0 Å². The van der Waals surface area contributed by atoms with Gasteiger partial charge in [0.25, 0.3) is 0 Å². The highest BCUT2D eigenvalue weighted by atomic mass is 32.2. The second-order valence-electron chi connectivity index (χ2n) is 7.83. The van der Waals surface area contributed by atoms with Crippen LogP contribution in [0.25, 0.3) is 0 Å². The second-order valence-corrected chi connectivity index (χ2v) is 9.77. The van der Waals surface area contributed by atoms with Crippen molar-refractivity contribution in [1.82, 2.24) is 14.1 Å². The first kappa shape index (κ1) is 22.8. The van der Waals surface area contributed by atoms with Crippen molar-refractivity contribution in [3.05, 3.63) is 18.2 Å². The Labute approximate surface area is 179 Å². The monoisotopic (exact) mass is 439 g/mol. The lowest BCUT2D eigenvalue weighted by atomic mass is 10.00. The first-order valence-corrected chi connectivity index (χ1v) is 12.1. The Hall–Kier alpha value is -1.84. The van der Waals surface area contributed by atoms with Crippen molar-refractivity contribution in [3.8, 4) is 11.5 Å². The summed E-state index contributed by atoms with van der Waals surface area (Å²) in [7, 11) is -0.674. The lowest BCUT2D eigenvalue weighted by Crippen LogP contribution is -2.53. The van der Waals surface area contributed by atoms with E-state index in [1.54, 1.807) is 11.0 Å². The number of carbonyl (C=O) groups excluding carboxylic acids is 1. The Morgan fingerprint density at radius 2 is 1.73 bits per heavy atom. The molecule has 1 aromatic carbocycles. The molecule has 1 atom stereocenters. The molecule has 0 radical (unpaired) electrons. The number of hydrogen-bond donors (Lipinski definition) is 0. The smallest absolute Gasteiger partial charge is 0.243 e. The Morgan fingerprint density at radius 1 is 1.03 bits per heavy atom. The van der Waals surface area contributed by atoms with Crippen LogP contribution >= 0.6 is 0 Å². The number of methoxy groups -OCH3 is 2. The van der Waals surface area contributed by atoms with Crippen LogP contribution in [0.4, 0.5) is 0 Å².